The van der Waals surface area contributed by atoms with Gasteiger partial charge in [0, 0.05) is 29.7 Å². The second kappa shape index (κ2) is 6.79. The molecule has 0 spiro atoms. The van der Waals surface area contributed by atoms with E-state index in [4.69, 9.17) is 0 Å². The zero-order chi connectivity index (χ0) is 17.8. The summed E-state index contributed by atoms with van der Waals surface area (Å²) in [5, 5.41) is 21.2. The SMILES string of the molecule is Cc1cc(C(=O)N/N=C\c2cccn2-c2ccc([N+](=O)[O-])cc2)n[nH]1. The number of benzene rings is 1. The Morgan fingerprint density at radius 3 is 2.76 bits per heavy atom. The Kier molecular flexibility index (Phi) is 4.38. The van der Waals surface area contributed by atoms with Gasteiger partial charge in [0.05, 0.1) is 16.8 Å². The highest BCUT2D eigenvalue weighted by atomic mass is 16.6. The van der Waals surface area contributed by atoms with Crippen molar-refractivity contribution in [2.75, 3.05) is 0 Å². The number of nitrogens with one attached hydrogen (secondary N) is 2. The summed E-state index contributed by atoms with van der Waals surface area (Å²) >= 11 is 0. The maximum absolute atomic E-state index is 11.9. The van der Waals surface area contributed by atoms with Crippen molar-refractivity contribution in [1.29, 1.82) is 0 Å². The third-order valence-electron chi connectivity index (χ3n) is 3.42. The van der Waals surface area contributed by atoms with Crippen LogP contribution in [0.15, 0.2) is 53.8 Å². The van der Waals surface area contributed by atoms with Crippen LogP contribution in [0.3, 0.4) is 0 Å². The van der Waals surface area contributed by atoms with E-state index in [2.05, 4.69) is 20.7 Å². The summed E-state index contributed by atoms with van der Waals surface area (Å²) < 4.78 is 1.79. The predicted molar refractivity (Wildman–Crippen MR) is 90.8 cm³/mol. The molecule has 0 aliphatic carbocycles. The molecular formula is C16H14N6O3. The zero-order valence-corrected chi connectivity index (χ0v) is 13.2. The number of amides is 1. The number of hydrazone groups is 1. The highest BCUT2D eigenvalue weighted by molar-refractivity contribution is 5.93. The molecule has 3 rings (SSSR count). The Bertz CT molecular complexity index is 939. The molecule has 0 aliphatic rings. The molecule has 0 aliphatic heterocycles. The molecule has 0 unspecified atom stereocenters. The van der Waals surface area contributed by atoms with Crippen LogP contribution in [-0.4, -0.2) is 31.8 Å². The van der Waals surface area contributed by atoms with Gasteiger partial charge in [-0.05, 0) is 37.3 Å². The van der Waals surface area contributed by atoms with Crippen molar-refractivity contribution in [3.05, 3.63) is 75.9 Å². The lowest BCUT2D eigenvalue weighted by molar-refractivity contribution is -0.384. The maximum atomic E-state index is 11.9. The Morgan fingerprint density at radius 2 is 2.12 bits per heavy atom. The van der Waals surface area contributed by atoms with Crippen molar-refractivity contribution in [3.63, 3.8) is 0 Å². The normalized spacial score (nSPS) is 10.9. The summed E-state index contributed by atoms with van der Waals surface area (Å²) in [6.45, 7) is 1.80. The van der Waals surface area contributed by atoms with Gasteiger partial charge in [0.15, 0.2) is 5.69 Å². The average molecular weight is 338 g/mol. The highest BCUT2D eigenvalue weighted by Crippen LogP contribution is 2.16. The van der Waals surface area contributed by atoms with E-state index < -0.39 is 10.8 Å². The van der Waals surface area contributed by atoms with E-state index in [0.29, 0.717) is 5.69 Å². The van der Waals surface area contributed by atoms with Crippen LogP contribution in [-0.2, 0) is 0 Å². The van der Waals surface area contributed by atoms with Crippen molar-refractivity contribution < 1.29 is 9.72 Å². The smallest absolute Gasteiger partial charge is 0.291 e. The van der Waals surface area contributed by atoms with Crippen LogP contribution in [0.1, 0.15) is 21.9 Å². The third kappa shape index (κ3) is 3.61. The van der Waals surface area contributed by atoms with E-state index in [0.717, 1.165) is 11.4 Å². The van der Waals surface area contributed by atoms with Gasteiger partial charge in [0.1, 0.15) is 0 Å². The van der Waals surface area contributed by atoms with Crippen LogP contribution in [0, 0.1) is 17.0 Å². The minimum atomic E-state index is -0.450. The quantitative estimate of drug-likeness (QED) is 0.421. The van der Waals surface area contributed by atoms with Gasteiger partial charge < -0.3 is 4.57 Å². The number of carbonyl (C=O) groups is 1. The summed E-state index contributed by atoms with van der Waals surface area (Å²) in [5.74, 6) is -0.422. The lowest BCUT2D eigenvalue weighted by Crippen LogP contribution is -2.18. The number of H-pyrrole nitrogens is 1. The van der Waals surface area contributed by atoms with Gasteiger partial charge in [0.2, 0.25) is 0 Å². The zero-order valence-electron chi connectivity index (χ0n) is 13.2. The molecule has 2 heterocycles. The van der Waals surface area contributed by atoms with Crippen molar-refractivity contribution in [2.45, 2.75) is 6.92 Å². The van der Waals surface area contributed by atoms with Gasteiger partial charge in [-0.3, -0.25) is 20.0 Å². The topological polar surface area (TPSA) is 118 Å². The number of nitro benzene ring substituents is 1. The Labute approximate surface area is 142 Å². The molecule has 0 fully saturated rings. The van der Waals surface area contributed by atoms with E-state index in [1.807, 2.05) is 6.07 Å². The lowest BCUT2D eigenvalue weighted by Gasteiger charge is -2.05. The monoisotopic (exact) mass is 338 g/mol. The molecule has 2 N–H and O–H groups in total. The molecule has 9 heteroatoms. The lowest BCUT2D eigenvalue weighted by atomic mass is 10.3. The number of non-ortho nitro benzene ring substituents is 1. The van der Waals surface area contributed by atoms with Gasteiger partial charge in [0.25, 0.3) is 11.6 Å². The van der Waals surface area contributed by atoms with Gasteiger partial charge in [-0.25, -0.2) is 5.43 Å². The molecule has 0 radical (unpaired) electrons. The van der Waals surface area contributed by atoms with Gasteiger partial charge >= 0.3 is 0 Å². The summed E-state index contributed by atoms with van der Waals surface area (Å²) in [5.41, 5.74) is 4.89. The number of nitro groups is 1. The van der Waals surface area contributed by atoms with Crippen LogP contribution in [0.2, 0.25) is 0 Å². The first-order valence-electron chi connectivity index (χ1n) is 7.32. The summed E-state index contributed by atoms with van der Waals surface area (Å²) in [4.78, 5) is 22.1. The van der Waals surface area contributed by atoms with Crippen molar-refractivity contribution in [3.8, 4) is 5.69 Å². The van der Waals surface area contributed by atoms with Crippen LogP contribution in [0.5, 0.6) is 0 Å². The molecule has 126 valence electrons. The molecule has 2 aromatic heterocycles. The van der Waals surface area contributed by atoms with E-state index >= 15 is 0 Å². The van der Waals surface area contributed by atoms with E-state index in [-0.39, 0.29) is 11.4 Å². The number of nitrogens with zero attached hydrogens (tertiary/aromatic N) is 4. The largest absolute Gasteiger partial charge is 0.316 e. The second-order valence-electron chi connectivity index (χ2n) is 5.21. The first kappa shape index (κ1) is 16.1. The van der Waals surface area contributed by atoms with Gasteiger partial charge in [-0.2, -0.15) is 10.2 Å². The van der Waals surface area contributed by atoms with E-state index in [1.54, 1.807) is 42.0 Å². The third-order valence-corrected chi connectivity index (χ3v) is 3.42. The minimum absolute atomic E-state index is 0.0210. The number of hydrogen-bond acceptors (Lipinski definition) is 5. The maximum Gasteiger partial charge on any atom is 0.291 e. The van der Waals surface area contributed by atoms with Crippen molar-refractivity contribution in [2.24, 2.45) is 5.10 Å². The van der Waals surface area contributed by atoms with E-state index in [9.17, 15) is 14.9 Å². The predicted octanol–water partition coefficient (Wildman–Crippen LogP) is 2.18. The molecule has 0 saturated carbocycles. The number of aryl methyl sites for hydroxylation is 1. The molecule has 0 saturated heterocycles. The van der Waals surface area contributed by atoms with Crippen LogP contribution in [0.4, 0.5) is 5.69 Å². The number of hydrogen-bond donors (Lipinski definition) is 2. The molecule has 9 nitrogen and oxygen atoms in total. The number of rotatable bonds is 5. The molecule has 0 atom stereocenters. The summed E-state index contributed by atoms with van der Waals surface area (Å²) in [6.07, 6.45) is 3.28. The van der Waals surface area contributed by atoms with Gasteiger partial charge in [-0.15, -0.1) is 0 Å². The minimum Gasteiger partial charge on any atom is -0.316 e. The van der Waals surface area contributed by atoms with Crippen molar-refractivity contribution >= 4 is 17.8 Å². The van der Waals surface area contributed by atoms with E-state index in [1.165, 1.54) is 18.3 Å². The molecule has 25 heavy (non-hydrogen) atoms. The standard InChI is InChI=1S/C16H14N6O3/c1-11-9-15(19-18-11)16(23)20-17-10-14-3-2-8-21(14)12-4-6-13(7-5-12)22(24)25/h2-10H,1H3,(H,18,19)(H,20,23)/b17-10-. The Hall–Kier alpha value is -3.75. The summed E-state index contributed by atoms with van der Waals surface area (Å²) in [6, 6.07) is 11.4. The molecule has 1 amide bonds. The fourth-order valence-electron chi connectivity index (χ4n) is 2.22. The van der Waals surface area contributed by atoms with Crippen LogP contribution < -0.4 is 5.43 Å². The first-order valence-corrected chi connectivity index (χ1v) is 7.32. The van der Waals surface area contributed by atoms with Crippen LogP contribution >= 0.6 is 0 Å². The van der Waals surface area contributed by atoms with Crippen molar-refractivity contribution in [1.82, 2.24) is 20.2 Å². The average Bonchev–Trinajstić information content (AvgIpc) is 3.24. The van der Waals surface area contributed by atoms with Crippen LogP contribution in [0.25, 0.3) is 5.69 Å². The fourth-order valence-corrected chi connectivity index (χ4v) is 2.22. The number of aromatic nitrogens is 3. The molecule has 3 aromatic rings. The highest BCUT2D eigenvalue weighted by Gasteiger charge is 2.08. The summed E-state index contributed by atoms with van der Waals surface area (Å²) in [7, 11) is 0. The Balaban J connectivity index is 1.73. The fraction of sp³-hybridized carbons (Fsp3) is 0.0625. The molecular weight excluding hydrogens is 324 g/mol. The second-order valence-corrected chi connectivity index (χ2v) is 5.21. The Morgan fingerprint density at radius 1 is 1.36 bits per heavy atom. The number of carbonyl (C=O) groups excluding carboxylic acids is 1. The number of aromatic amines is 1. The molecule has 1 aromatic carbocycles. The van der Waals surface area contributed by atoms with Gasteiger partial charge in [-0.1, -0.05) is 0 Å². The molecule has 0 bridgehead atoms. The first-order chi connectivity index (χ1) is 12.0.